The van der Waals surface area contributed by atoms with Crippen LogP contribution in [-0.4, -0.2) is 44.0 Å². The number of carbonyl (C=O) groups is 2. The lowest BCUT2D eigenvalue weighted by molar-refractivity contribution is -0.125. The van der Waals surface area contributed by atoms with E-state index in [-0.39, 0.29) is 17.7 Å². The van der Waals surface area contributed by atoms with Crippen LogP contribution in [0.4, 0.5) is 0 Å². The summed E-state index contributed by atoms with van der Waals surface area (Å²) in [4.78, 5) is 28.2. The molecule has 3 aromatic rings. The summed E-state index contributed by atoms with van der Waals surface area (Å²) in [5, 5.41) is 3.06. The zero-order valence-electron chi connectivity index (χ0n) is 18.9. The number of carbonyl (C=O) groups excluding carboxylic acids is 2. The number of rotatable bonds is 7. The Morgan fingerprint density at radius 2 is 1.61 bits per heavy atom. The van der Waals surface area contributed by atoms with E-state index in [1.54, 1.807) is 31.3 Å². The van der Waals surface area contributed by atoms with E-state index < -0.39 is 5.92 Å². The highest BCUT2D eigenvalue weighted by molar-refractivity contribution is 5.95. The van der Waals surface area contributed by atoms with E-state index in [9.17, 15) is 9.59 Å². The molecule has 6 nitrogen and oxygen atoms in total. The summed E-state index contributed by atoms with van der Waals surface area (Å²) in [6.07, 6.45) is 0. The standard InChI is InChI=1S/C27H28N2O4/c1-32-21-13-14-22(25(15-21)33-2)23-17-29(27(31)20-11-7-4-8-12-20)18-24(23)26(30)28-16-19-9-5-3-6-10-19/h3-15,23-24H,16-18H2,1-2H3,(H,28,30)/t23-,24+/m0/s1. The molecule has 0 bridgehead atoms. The molecule has 2 amide bonds. The molecular weight excluding hydrogens is 416 g/mol. The van der Waals surface area contributed by atoms with Crippen molar-refractivity contribution < 1.29 is 19.1 Å². The van der Waals surface area contributed by atoms with E-state index in [0.717, 1.165) is 11.1 Å². The Labute approximate surface area is 194 Å². The quantitative estimate of drug-likeness (QED) is 0.601. The molecule has 2 atom stereocenters. The van der Waals surface area contributed by atoms with E-state index in [1.165, 1.54) is 0 Å². The lowest BCUT2D eigenvalue weighted by atomic mass is 9.87. The van der Waals surface area contributed by atoms with Gasteiger partial charge in [0.25, 0.3) is 5.91 Å². The lowest BCUT2D eigenvalue weighted by Gasteiger charge is -2.21. The van der Waals surface area contributed by atoms with Crippen LogP contribution in [0, 0.1) is 5.92 Å². The monoisotopic (exact) mass is 444 g/mol. The van der Waals surface area contributed by atoms with Crippen LogP contribution >= 0.6 is 0 Å². The molecule has 1 saturated heterocycles. The van der Waals surface area contributed by atoms with Crippen molar-refractivity contribution in [1.82, 2.24) is 10.2 Å². The van der Waals surface area contributed by atoms with Gasteiger partial charge in [0.2, 0.25) is 5.91 Å². The fraction of sp³-hybridized carbons (Fsp3) is 0.259. The topological polar surface area (TPSA) is 67.9 Å². The van der Waals surface area contributed by atoms with Crippen LogP contribution in [0.25, 0.3) is 0 Å². The number of nitrogens with one attached hydrogen (secondary N) is 1. The summed E-state index contributed by atoms with van der Waals surface area (Å²) in [5.41, 5.74) is 2.53. The number of nitrogens with zero attached hydrogens (tertiary/aromatic N) is 1. The molecule has 170 valence electrons. The van der Waals surface area contributed by atoms with Crippen LogP contribution in [0.1, 0.15) is 27.4 Å². The number of hydrogen-bond acceptors (Lipinski definition) is 4. The van der Waals surface area contributed by atoms with Crippen LogP contribution < -0.4 is 14.8 Å². The summed E-state index contributed by atoms with van der Waals surface area (Å²) in [6, 6.07) is 24.6. The molecule has 0 aliphatic carbocycles. The van der Waals surface area contributed by atoms with Gasteiger partial charge in [0.05, 0.1) is 20.1 Å². The second kappa shape index (κ2) is 10.2. The number of amides is 2. The van der Waals surface area contributed by atoms with Crippen molar-refractivity contribution in [2.24, 2.45) is 5.92 Å². The molecule has 1 aliphatic heterocycles. The summed E-state index contributed by atoms with van der Waals surface area (Å²) in [6.45, 7) is 1.21. The highest BCUT2D eigenvalue weighted by Crippen LogP contribution is 2.39. The summed E-state index contributed by atoms with van der Waals surface area (Å²) in [7, 11) is 3.20. The molecule has 0 aromatic heterocycles. The Morgan fingerprint density at radius 3 is 2.27 bits per heavy atom. The number of benzene rings is 3. The number of ether oxygens (including phenoxy) is 2. The first kappa shape index (κ1) is 22.4. The molecule has 0 saturated carbocycles. The van der Waals surface area contributed by atoms with Crippen LogP contribution in [0.3, 0.4) is 0 Å². The summed E-state index contributed by atoms with van der Waals surface area (Å²) >= 11 is 0. The van der Waals surface area contributed by atoms with Crippen molar-refractivity contribution >= 4 is 11.8 Å². The predicted octanol–water partition coefficient (Wildman–Crippen LogP) is 3.88. The van der Waals surface area contributed by atoms with E-state index in [2.05, 4.69) is 5.32 Å². The van der Waals surface area contributed by atoms with Crippen LogP contribution in [0.15, 0.2) is 78.9 Å². The highest BCUT2D eigenvalue weighted by atomic mass is 16.5. The average Bonchev–Trinajstić information content (AvgIpc) is 3.33. The van der Waals surface area contributed by atoms with Gasteiger partial charge in [0.15, 0.2) is 0 Å². The minimum absolute atomic E-state index is 0.0774. The average molecular weight is 445 g/mol. The van der Waals surface area contributed by atoms with Crippen molar-refractivity contribution in [2.75, 3.05) is 27.3 Å². The van der Waals surface area contributed by atoms with Crippen molar-refractivity contribution in [1.29, 1.82) is 0 Å². The van der Waals surface area contributed by atoms with Crippen molar-refractivity contribution in [2.45, 2.75) is 12.5 Å². The maximum absolute atomic E-state index is 13.3. The molecule has 6 heteroatoms. The number of methoxy groups -OCH3 is 2. The number of likely N-dealkylation sites (tertiary alicyclic amines) is 1. The van der Waals surface area contributed by atoms with Crippen LogP contribution in [-0.2, 0) is 11.3 Å². The molecule has 1 fully saturated rings. The Bertz CT molecular complexity index is 1100. The summed E-state index contributed by atoms with van der Waals surface area (Å²) < 4.78 is 11.0. The zero-order chi connectivity index (χ0) is 23.2. The zero-order valence-corrected chi connectivity index (χ0v) is 18.9. The van der Waals surface area contributed by atoms with E-state index in [1.807, 2.05) is 66.7 Å². The smallest absolute Gasteiger partial charge is 0.253 e. The molecule has 3 aromatic carbocycles. The van der Waals surface area contributed by atoms with Crippen molar-refractivity contribution in [3.8, 4) is 11.5 Å². The fourth-order valence-corrected chi connectivity index (χ4v) is 4.35. The largest absolute Gasteiger partial charge is 0.497 e. The fourth-order valence-electron chi connectivity index (χ4n) is 4.35. The Morgan fingerprint density at radius 1 is 0.909 bits per heavy atom. The minimum Gasteiger partial charge on any atom is -0.497 e. The van der Waals surface area contributed by atoms with Gasteiger partial charge in [-0.05, 0) is 23.8 Å². The van der Waals surface area contributed by atoms with Crippen LogP contribution in [0.5, 0.6) is 11.5 Å². The maximum atomic E-state index is 13.3. The molecule has 4 rings (SSSR count). The maximum Gasteiger partial charge on any atom is 0.253 e. The molecule has 0 unspecified atom stereocenters. The Kier molecular flexibility index (Phi) is 6.93. The van der Waals surface area contributed by atoms with E-state index >= 15 is 0 Å². The molecule has 0 spiro atoms. The number of hydrogen-bond donors (Lipinski definition) is 1. The normalized spacial score (nSPS) is 17.5. The lowest BCUT2D eigenvalue weighted by Crippen LogP contribution is -2.35. The van der Waals surface area contributed by atoms with Gasteiger partial charge < -0.3 is 19.7 Å². The van der Waals surface area contributed by atoms with Gasteiger partial charge >= 0.3 is 0 Å². The molecule has 1 heterocycles. The minimum atomic E-state index is -0.399. The van der Waals surface area contributed by atoms with Gasteiger partial charge in [0, 0.05) is 42.7 Å². The Hall–Kier alpha value is -3.80. The highest BCUT2D eigenvalue weighted by Gasteiger charge is 2.41. The molecular formula is C27H28N2O4. The molecule has 0 radical (unpaired) electrons. The second-order valence-corrected chi connectivity index (χ2v) is 8.10. The molecule has 1 aliphatic rings. The van der Waals surface area contributed by atoms with Gasteiger partial charge in [-0.1, -0.05) is 54.6 Å². The van der Waals surface area contributed by atoms with Gasteiger partial charge in [-0.2, -0.15) is 0 Å². The van der Waals surface area contributed by atoms with Crippen LogP contribution in [0.2, 0.25) is 0 Å². The molecule has 1 N–H and O–H groups in total. The second-order valence-electron chi connectivity index (χ2n) is 8.10. The van der Waals surface area contributed by atoms with Gasteiger partial charge in [-0.3, -0.25) is 9.59 Å². The molecule has 33 heavy (non-hydrogen) atoms. The van der Waals surface area contributed by atoms with Crippen molar-refractivity contribution in [3.05, 3.63) is 95.6 Å². The van der Waals surface area contributed by atoms with E-state index in [0.29, 0.717) is 36.7 Å². The third-order valence-electron chi connectivity index (χ3n) is 6.11. The van der Waals surface area contributed by atoms with Gasteiger partial charge in [0.1, 0.15) is 11.5 Å². The van der Waals surface area contributed by atoms with E-state index in [4.69, 9.17) is 9.47 Å². The van der Waals surface area contributed by atoms with Gasteiger partial charge in [-0.15, -0.1) is 0 Å². The first-order chi connectivity index (χ1) is 16.1. The predicted molar refractivity (Wildman–Crippen MR) is 126 cm³/mol. The van der Waals surface area contributed by atoms with Crippen molar-refractivity contribution in [3.63, 3.8) is 0 Å². The third kappa shape index (κ3) is 5.00. The van der Waals surface area contributed by atoms with Gasteiger partial charge in [-0.25, -0.2) is 0 Å². The first-order valence-corrected chi connectivity index (χ1v) is 11.0. The summed E-state index contributed by atoms with van der Waals surface area (Å²) in [5.74, 6) is 0.569. The Balaban J connectivity index is 1.61. The third-order valence-corrected chi connectivity index (χ3v) is 6.11. The SMILES string of the molecule is COc1ccc([C@@H]2CN(C(=O)c3ccccc3)C[C@H]2C(=O)NCc2ccccc2)c(OC)c1. The first-order valence-electron chi connectivity index (χ1n) is 11.0.